The number of hydrogen-bond donors (Lipinski definition) is 1. The summed E-state index contributed by atoms with van der Waals surface area (Å²) in [7, 11) is 0. The molecule has 1 saturated heterocycles. The van der Waals surface area contributed by atoms with Crippen molar-refractivity contribution in [2.24, 2.45) is 0 Å². The molecule has 1 atom stereocenters. The number of halogens is 1. The monoisotopic (exact) mass is 343 g/mol. The second-order valence-corrected chi connectivity index (χ2v) is 8.10. The van der Waals surface area contributed by atoms with Crippen LogP contribution in [0.3, 0.4) is 0 Å². The molecule has 1 N–H and O–H groups in total. The lowest BCUT2D eigenvalue weighted by Gasteiger charge is -2.34. The topological polar surface area (TPSA) is 51.6 Å². The molecule has 1 unspecified atom stereocenters. The molecule has 0 amide bonds. The highest BCUT2D eigenvalue weighted by molar-refractivity contribution is 7.99. The molecular formula is C16H22ClNO3S. The first-order chi connectivity index (χ1) is 10.4. The zero-order chi connectivity index (χ0) is 15.8. The molecule has 1 aromatic heterocycles. The summed E-state index contributed by atoms with van der Waals surface area (Å²) in [5.74, 6) is 0.848. The van der Waals surface area contributed by atoms with E-state index in [9.17, 15) is 5.11 Å². The van der Waals surface area contributed by atoms with E-state index in [1.54, 1.807) is 11.8 Å². The van der Waals surface area contributed by atoms with E-state index >= 15 is 0 Å². The van der Waals surface area contributed by atoms with E-state index in [1.807, 2.05) is 19.9 Å². The zero-order valence-corrected chi connectivity index (χ0v) is 14.6. The van der Waals surface area contributed by atoms with Gasteiger partial charge in [-0.15, -0.1) is 11.8 Å². The van der Waals surface area contributed by atoms with Crippen molar-refractivity contribution in [2.75, 3.05) is 25.6 Å². The highest BCUT2D eigenvalue weighted by atomic mass is 35.5. The standard InChI is InChI=1S/C16H22ClNO3S/c1-15(2,19)5-8-22-12-9-13(17)18-14-11(12)3-6-21-16(14)4-7-20-10-16/h9,19H,3-8,10H2,1-2H3. The van der Waals surface area contributed by atoms with Crippen LogP contribution in [0, 0.1) is 0 Å². The van der Waals surface area contributed by atoms with E-state index in [-0.39, 0.29) is 0 Å². The van der Waals surface area contributed by atoms with Gasteiger partial charge in [-0.2, -0.15) is 0 Å². The van der Waals surface area contributed by atoms with Gasteiger partial charge in [0.25, 0.3) is 0 Å². The Bertz CT molecular complexity index is 553. The number of ether oxygens (including phenoxy) is 2. The number of rotatable bonds is 4. The number of pyridine rings is 1. The summed E-state index contributed by atoms with van der Waals surface area (Å²) in [6, 6.07) is 1.93. The number of fused-ring (bicyclic) bond motifs is 2. The van der Waals surface area contributed by atoms with Crippen LogP contribution in [0.4, 0.5) is 0 Å². The Morgan fingerprint density at radius 1 is 1.45 bits per heavy atom. The zero-order valence-electron chi connectivity index (χ0n) is 13.0. The molecule has 4 nitrogen and oxygen atoms in total. The van der Waals surface area contributed by atoms with Crippen LogP contribution in [0.15, 0.2) is 11.0 Å². The maximum atomic E-state index is 9.87. The van der Waals surface area contributed by atoms with Crippen LogP contribution in [0.25, 0.3) is 0 Å². The molecule has 3 rings (SSSR count). The van der Waals surface area contributed by atoms with E-state index < -0.39 is 11.2 Å². The predicted molar refractivity (Wildman–Crippen MR) is 87.7 cm³/mol. The molecule has 6 heteroatoms. The summed E-state index contributed by atoms with van der Waals surface area (Å²) in [5, 5.41) is 10.4. The van der Waals surface area contributed by atoms with Crippen molar-refractivity contribution in [3.63, 3.8) is 0 Å². The van der Waals surface area contributed by atoms with Crippen LogP contribution in [-0.2, 0) is 21.5 Å². The third-order valence-electron chi connectivity index (χ3n) is 4.17. The molecule has 0 aliphatic carbocycles. The minimum absolute atomic E-state index is 0.413. The van der Waals surface area contributed by atoms with Crippen LogP contribution in [-0.4, -0.2) is 41.3 Å². The Labute approximate surface area is 140 Å². The number of aromatic nitrogens is 1. The average Bonchev–Trinajstić information content (AvgIpc) is 2.88. The molecule has 2 aliphatic rings. The largest absolute Gasteiger partial charge is 0.390 e. The van der Waals surface area contributed by atoms with Crippen LogP contribution >= 0.6 is 23.4 Å². The van der Waals surface area contributed by atoms with Crippen LogP contribution in [0.2, 0.25) is 5.15 Å². The van der Waals surface area contributed by atoms with Crippen molar-refractivity contribution < 1.29 is 14.6 Å². The first-order valence-corrected chi connectivity index (χ1v) is 9.03. The van der Waals surface area contributed by atoms with Gasteiger partial charge in [-0.1, -0.05) is 11.6 Å². The summed E-state index contributed by atoms with van der Waals surface area (Å²) in [5.41, 5.74) is 1.13. The summed E-state index contributed by atoms with van der Waals surface area (Å²) < 4.78 is 11.6. The minimum Gasteiger partial charge on any atom is -0.390 e. The van der Waals surface area contributed by atoms with Gasteiger partial charge in [-0.3, -0.25) is 0 Å². The van der Waals surface area contributed by atoms with E-state index in [4.69, 9.17) is 21.1 Å². The van der Waals surface area contributed by atoms with E-state index in [2.05, 4.69) is 4.98 Å². The second kappa shape index (κ2) is 6.29. The second-order valence-electron chi connectivity index (χ2n) is 6.58. The lowest BCUT2D eigenvalue weighted by Crippen LogP contribution is -2.37. The summed E-state index contributed by atoms with van der Waals surface area (Å²) in [4.78, 5) is 5.73. The molecule has 1 spiro atoms. The molecule has 0 radical (unpaired) electrons. The van der Waals surface area contributed by atoms with Crippen LogP contribution in [0.5, 0.6) is 0 Å². The van der Waals surface area contributed by atoms with E-state index in [1.165, 1.54) is 5.56 Å². The minimum atomic E-state index is -0.645. The Morgan fingerprint density at radius 3 is 2.95 bits per heavy atom. The first-order valence-electron chi connectivity index (χ1n) is 7.66. The summed E-state index contributed by atoms with van der Waals surface area (Å²) in [6.45, 7) is 5.62. The van der Waals surface area contributed by atoms with Gasteiger partial charge in [0.15, 0.2) is 0 Å². The van der Waals surface area contributed by atoms with Gasteiger partial charge in [0.05, 0.1) is 24.5 Å². The maximum absolute atomic E-state index is 9.87. The quantitative estimate of drug-likeness (QED) is 0.672. The van der Waals surface area contributed by atoms with Crippen LogP contribution < -0.4 is 0 Å². The number of nitrogens with zero attached hydrogens (tertiary/aromatic N) is 1. The normalized spacial score (nSPS) is 24.7. The molecule has 0 aromatic carbocycles. The molecule has 2 aliphatic heterocycles. The molecular weight excluding hydrogens is 322 g/mol. The molecule has 3 heterocycles. The smallest absolute Gasteiger partial charge is 0.136 e. The van der Waals surface area contributed by atoms with Gasteiger partial charge in [-0.25, -0.2) is 4.98 Å². The Kier molecular flexibility index (Phi) is 4.72. The van der Waals surface area contributed by atoms with E-state index in [0.29, 0.717) is 25.0 Å². The molecule has 0 bridgehead atoms. The molecule has 22 heavy (non-hydrogen) atoms. The predicted octanol–water partition coefficient (Wildman–Crippen LogP) is 3.18. The number of aliphatic hydroxyl groups is 1. The lowest BCUT2D eigenvalue weighted by molar-refractivity contribution is -0.0670. The third-order valence-corrected chi connectivity index (χ3v) is 5.45. The van der Waals surface area contributed by atoms with Gasteiger partial charge < -0.3 is 14.6 Å². The Hall–Kier alpha value is -0.330. The van der Waals surface area contributed by atoms with E-state index in [0.717, 1.165) is 35.6 Å². The van der Waals surface area contributed by atoms with Crippen molar-refractivity contribution in [2.45, 2.75) is 49.2 Å². The fourth-order valence-corrected chi connectivity index (χ4v) is 4.59. The number of thioether (sulfide) groups is 1. The molecule has 1 aromatic rings. The fraction of sp³-hybridized carbons (Fsp3) is 0.688. The maximum Gasteiger partial charge on any atom is 0.136 e. The van der Waals surface area contributed by atoms with Gasteiger partial charge in [0.2, 0.25) is 0 Å². The van der Waals surface area contributed by atoms with Gasteiger partial charge >= 0.3 is 0 Å². The van der Waals surface area contributed by atoms with Crippen molar-refractivity contribution in [3.8, 4) is 0 Å². The highest BCUT2D eigenvalue weighted by Gasteiger charge is 2.44. The highest BCUT2D eigenvalue weighted by Crippen LogP contribution is 2.42. The molecule has 1 fully saturated rings. The van der Waals surface area contributed by atoms with Gasteiger partial charge in [-0.05, 0) is 38.3 Å². The fourth-order valence-electron chi connectivity index (χ4n) is 2.94. The van der Waals surface area contributed by atoms with Crippen molar-refractivity contribution in [1.29, 1.82) is 0 Å². The number of hydrogen-bond acceptors (Lipinski definition) is 5. The Morgan fingerprint density at radius 2 is 2.27 bits per heavy atom. The summed E-state index contributed by atoms with van der Waals surface area (Å²) in [6.07, 6.45) is 2.42. The Balaban J connectivity index is 1.87. The average molecular weight is 344 g/mol. The van der Waals surface area contributed by atoms with Gasteiger partial charge in [0, 0.05) is 23.7 Å². The first kappa shape index (κ1) is 16.5. The van der Waals surface area contributed by atoms with Gasteiger partial charge in [0.1, 0.15) is 10.8 Å². The van der Waals surface area contributed by atoms with Crippen molar-refractivity contribution in [1.82, 2.24) is 4.98 Å². The summed E-state index contributed by atoms with van der Waals surface area (Å²) >= 11 is 7.98. The van der Waals surface area contributed by atoms with Crippen LogP contribution in [0.1, 0.15) is 37.9 Å². The molecule has 0 saturated carbocycles. The SMILES string of the molecule is CC(C)(O)CCSc1cc(Cl)nc2c1CCOC21CCOC1. The molecule has 122 valence electrons. The van der Waals surface area contributed by atoms with Crippen molar-refractivity contribution in [3.05, 3.63) is 22.5 Å². The van der Waals surface area contributed by atoms with Crippen molar-refractivity contribution >= 4 is 23.4 Å². The third kappa shape index (κ3) is 3.44. The lowest BCUT2D eigenvalue weighted by atomic mass is 9.90.